The van der Waals surface area contributed by atoms with Gasteiger partial charge < -0.3 is 15.5 Å². The fraction of sp³-hybridized carbons (Fsp3) is 0.273. The first kappa shape index (κ1) is 20.0. The highest BCUT2D eigenvalue weighted by molar-refractivity contribution is 7.13. The predicted octanol–water partition coefficient (Wildman–Crippen LogP) is 4.02. The third kappa shape index (κ3) is 4.83. The highest BCUT2D eigenvalue weighted by Gasteiger charge is 2.27. The number of thiophene rings is 1. The Hall–Kier alpha value is -3.26. The second kappa shape index (κ2) is 9.04. The Morgan fingerprint density at radius 2 is 1.90 bits per heavy atom. The fourth-order valence-corrected chi connectivity index (χ4v) is 4.26. The molecule has 1 unspecified atom stereocenters. The van der Waals surface area contributed by atoms with Gasteiger partial charge in [0, 0.05) is 31.4 Å². The van der Waals surface area contributed by atoms with Crippen molar-refractivity contribution in [1.29, 1.82) is 0 Å². The zero-order chi connectivity index (χ0) is 20.9. The van der Waals surface area contributed by atoms with Gasteiger partial charge in [-0.1, -0.05) is 12.1 Å². The van der Waals surface area contributed by atoms with Gasteiger partial charge in [0.05, 0.1) is 10.8 Å². The molecular weight excluding hydrogens is 398 g/mol. The first-order chi connectivity index (χ1) is 14.6. The van der Waals surface area contributed by atoms with E-state index in [1.165, 1.54) is 6.92 Å². The van der Waals surface area contributed by atoms with Gasteiger partial charge in [-0.25, -0.2) is 0 Å². The number of carbonyl (C=O) groups excluding carboxylic acids is 2. The molecule has 0 aliphatic carbocycles. The Bertz CT molecular complexity index is 1020. The van der Waals surface area contributed by atoms with Crippen molar-refractivity contribution < 1.29 is 9.59 Å². The van der Waals surface area contributed by atoms with Crippen LogP contribution in [0.5, 0.6) is 0 Å². The summed E-state index contributed by atoms with van der Waals surface area (Å²) in [7, 11) is 0. The maximum absolute atomic E-state index is 12.8. The van der Waals surface area contributed by atoms with E-state index in [2.05, 4.69) is 25.7 Å². The third-order valence-corrected chi connectivity index (χ3v) is 5.88. The SMILES string of the molecule is CC(=O)Nc1cccc(NC(=O)C2CCCN(c3ccc(-c4cccs4)nn3)C2)c1. The number of hydrogen-bond acceptors (Lipinski definition) is 6. The number of rotatable bonds is 5. The van der Waals surface area contributed by atoms with Gasteiger partial charge in [-0.05, 0) is 54.6 Å². The summed E-state index contributed by atoms with van der Waals surface area (Å²) in [6.07, 6.45) is 1.74. The van der Waals surface area contributed by atoms with Gasteiger partial charge in [0.1, 0.15) is 5.69 Å². The van der Waals surface area contributed by atoms with Crippen LogP contribution in [0.25, 0.3) is 10.6 Å². The molecule has 8 heteroatoms. The molecule has 0 radical (unpaired) electrons. The second-order valence-corrected chi connectivity index (χ2v) is 8.24. The van der Waals surface area contributed by atoms with E-state index in [4.69, 9.17) is 0 Å². The smallest absolute Gasteiger partial charge is 0.229 e. The lowest BCUT2D eigenvalue weighted by Crippen LogP contribution is -2.41. The van der Waals surface area contributed by atoms with Crippen LogP contribution < -0.4 is 15.5 Å². The van der Waals surface area contributed by atoms with Gasteiger partial charge in [-0.3, -0.25) is 9.59 Å². The number of carbonyl (C=O) groups is 2. The molecule has 154 valence electrons. The van der Waals surface area contributed by atoms with Crippen molar-refractivity contribution in [3.05, 3.63) is 53.9 Å². The minimum absolute atomic E-state index is 0.0251. The summed E-state index contributed by atoms with van der Waals surface area (Å²) < 4.78 is 0. The van der Waals surface area contributed by atoms with Crippen molar-refractivity contribution in [3.63, 3.8) is 0 Å². The van der Waals surface area contributed by atoms with Crippen molar-refractivity contribution in [2.24, 2.45) is 5.92 Å². The number of benzene rings is 1. The first-order valence-corrected chi connectivity index (χ1v) is 10.8. The molecular formula is C22H23N5O2S. The molecule has 1 aliphatic rings. The van der Waals surface area contributed by atoms with Gasteiger partial charge in [-0.15, -0.1) is 21.5 Å². The number of nitrogens with one attached hydrogen (secondary N) is 2. The number of hydrogen-bond donors (Lipinski definition) is 2. The molecule has 4 rings (SSSR count). The molecule has 2 amide bonds. The highest BCUT2D eigenvalue weighted by atomic mass is 32.1. The van der Waals surface area contributed by atoms with Crippen molar-refractivity contribution in [2.75, 3.05) is 28.6 Å². The molecule has 3 aromatic rings. The molecule has 0 saturated carbocycles. The van der Waals surface area contributed by atoms with Crippen LogP contribution in [0.4, 0.5) is 17.2 Å². The van der Waals surface area contributed by atoms with E-state index in [0.717, 1.165) is 35.8 Å². The Balaban J connectivity index is 1.40. The van der Waals surface area contributed by atoms with Crippen LogP contribution in [0.2, 0.25) is 0 Å². The normalized spacial score (nSPS) is 16.2. The van der Waals surface area contributed by atoms with Crippen molar-refractivity contribution >= 4 is 40.3 Å². The summed E-state index contributed by atoms with van der Waals surface area (Å²) in [5.41, 5.74) is 2.19. The summed E-state index contributed by atoms with van der Waals surface area (Å²) in [6.45, 7) is 2.91. The zero-order valence-electron chi connectivity index (χ0n) is 16.7. The van der Waals surface area contributed by atoms with Crippen LogP contribution in [0.1, 0.15) is 19.8 Å². The lowest BCUT2D eigenvalue weighted by molar-refractivity contribution is -0.120. The van der Waals surface area contributed by atoms with Gasteiger partial charge in [0.25, 0.3) is 0 Å². The van der Waals surface area contributed by atoms with Crippen LogP contribution >= 0.6 is 11.3 Å². The monoisotopic (exact) mass is 421 g/mol. The van der Waals surface area contributed by atoms with E-state index in [1.807, 2.05) is 35.7 Å². The van der Waals surface area contributed by atoms with Crippen LogP contribution in [-0.2, 0) is 9.59 Å². The van der Waals surface area contributed by atoms with E-state index in [9.17, 15) is 9.59 Å². The van der Waals surface area contributed by atoms with Crippen LogP contribution in [0.3, 0.4) is 0 Å². The summed E-state index contributed by atoms with van der Waals surface area (Å²) in [6, 6.07) is 15.1. The average Bonchev–Trinajstić information content (AvgIpc) is 3.29. The zero-order valence-corrected chi connectivity index (χ0v) is 17.5. The maximum atomic E-state index is 12.8. The summed E-state index contributed by atoms with van der Waals surface area (Å²) in [5.74, 6) is 0.484. The number of aromatic nitrogens is 2. The molecule has 1 atom stereocenters. The van der Waals surface area contributed by atoms with Gasteiger partial charge in [0.2, 0.25) is 11.8 Å². The first-order valence-electron chi connectivity index (χ1n) is 9.89. The average molecular weight is 422 g/mol. The van der Waals surface area contributed by atoms with E-state index in [-0.39, 0.29) is 17.7 Å². The molecule has 7 nitrogen and oxygen atoms in total. The second-order valence-electron chi connectivity index (χ2n) is 7.29. The van der Waals surface area contributed by atoms with E-state index in [1.54, 1.807) is 29.5 Å². The van der Waals surface area contributed by atoms with Gasteiger partial charge in [0.15, 0.2) is 5.82 Å². The molecule has 1 aliphatic heterocycles. The van der Waals surface area contributed by atoms with Crippen molar-refractivity contribution in [3.8, 4) is 10.6 Å². The maximum Gasteiger partial charge on any atom is 0.229 e. The molecule has 3 heterocycles. The Morgan fingerprint density at radius 3 is 2.60 bits per heavy atom. The number of piperidine rings is 1. The van der Waals surface area contributed by atoms with E-state index < -0.39 is 0 Å². The number of amides is 2. The Labute approximate surface area is 179 Å². The lowest BCUT2D eigenvalue weighted by Gasteiger charge is -2.32. The van der Waals surface area contributed by atoms with E-state index in [0.29, 0.717) is 17.9 Å². The third-order valence-electron chi connectivity index (χ3n) is 4.99. The minimum Gasteiger partial charge on any atom is -0.354 e. The lowest BCUT2D eigenvalue weighted by atomic mass is 9.97. The van der Waals surface area contributed by atoms with Crippen molar-refractivity contribution in [2.45, 2.75) is 19.8 Å². The molecule has 1 saturated heterocycles. The summed E-state index contributed by atoms with van der Waals surface area (Å²) in [4.78, 5) is 27.3. The van der Waals surface area contributed by atoms with Gasteiger partial charge in [-0.2, -0.15) is 0 Å². The standard InChI is InChI=1S/C22H23N5O2S/c1-15(28)23-17-6-2-7-18(13-17)24-22(29)16-5-3-11-27(14-16)21-10-9-19(25-26-21)20-8-4-12-30-20/h2,4,6-10,12-13,16H,3,5,11,14H2,1H3,(H,23,28)(H,24,29). The Kier molecular flexibility index (Phi) is 6.04. The largest absolute Gasteiger partial charge is 0.354 e. The van der Waals surface area contributed by atoms with E-state index >= 15 is 0 Å². The molecule has 2 N–H and O–H groups in total. The van der Waals surface area contributed by atoms with Crippen LogP contribution in [0.15, 0.2) is 53.9 Å². The van der Waals surface area contributed by atoms with Gasteiger partial charge >= 0.3 is 0 Å². The predicted molar refractivity (Wildman–Crippen MR) is 120 cm³/mol. The van der Waals surface area contributed by atoms with Crippen LogP contribution in [-0.4, -0.2) is 35.1 Å². The molecule has 0 spiro atoms. The van der Waals surface area contributed by atoms with Crippen molar-refractivity contribution in [1.82, 2.24) is 10.2 Å². The number of anilines is 3. The quantitative estimate of drug-likeness (QED) is 0.650. The molecule has 30 heavy (non-hydrogen) atoms. The Morgan fingerprint density at radius 1 is 1.07 bits per heavy atom. The molecule has 1 aromatic carbocycles. The summed E-state index contributed by atoms with van der Waals surface area (Å²) >= 11 is 1.63. The highest BCUT2D eigenvalue weighted by Crippen LogP contribution is 2.26. The molecule has 2 aromatic heterocycles. The minimum atomic E-state index is -0.146. The fourth-order valence-electron chi connectivity index (χ4n) is 3.57. The molecule has 1 fully saturated rings. The van der Waals surface area contributed by atoms with Crippen LogP contribution in [0, 0.1) is 5.92 Å². The number of nitrogens with zero attached hydrogens (tertiary/aromatic N) is 3. The topological polar surface area (TPSA) is 87.2 Å². The molecule has 0 bridgehead atoms. The summed E-state index contributed by atoms with van der Waals surface area (Å²) in [5, 5.41) is 16.5.